The Morgan fingerprint density at radius 3 is 2.81 bits per heavy atom. The molecule has 2 aromatic heterocycles. The Hall–Kier alpha value is -2.67. The number of carboxylic acids is 1. The number of H-pyrrole nitrogens is 1. The summed E-state index contributed by atoms with van der Waals surface area (Å²) in [5, 5.41) is 9.36. The van der Waals surface area contributed by atoms with E-state index < -0.39 is 5.97 Å². The molecule has 0 bridgehead atoms. The molecule has 0 saturated heterocycles. The van der Waals surface area contributed by atoms with E-state index in [9.17, 15) is 9.59 Å². The normalized spacial score (nSPS) is 10.7. The predicted octanol–water partition coefficient (Wildman–Crippen LogP) is 2.36. The van der Waals surface area contributed by atoms with E-state index in [4.69, 9.17) is 9.84 Å². The van der Waals surface area contributed by atoms with Gasteiger partial charge in [-0.3, -0.25) is 4.79 Å². The molecule has 2 N–H and O–H groups in total. The number of carbonyl (C=O) groups is 1. The van der Waals surface area contributed by atoms with Gasteiger partial charge in [0, 0.05) is 0 Å². The lowest BCUT2D eigenvalue weighted by Crippen LogP contribution is -2.09. The minimum atomic E-state index is -1.00. The highest BCUT2D eigenvalue weighted by Crippen LogP contribution is 2.26. The molecule has 0 spiro atoms. The minimum absolute atomic E-state index is 0.197. The van der Waals surface area contributed by atoms with Crippen LogP contribution in [0.15, 0.2) is 35.1 Å². The summed E-state index contributed by atoms with van der Waals surface area (Å²) in [4.78, 5) is 30.8. The van der Waals surface area contributed by atoms with Gasteiger partial charge in [-0.1, -0.05) is 0 Å². The van der Waals surface area contributed by atoms with Gasteiger partial charge in [0.2, 0.25) is 0 Å². The van der Waals surface area contributed by atoms with Gasteiger partial charge in [-0.05, 0) is 30.3 Å². The number of hydrogen-bond donors (Lipinski definition) is 2. The van der Waals surface area contributed by atoms with Crippen LogP contribution in [0.1, 0.15) is 9.67 Å². The van der Waals surface area contributed by atoms with Crippen molar-refractivity contribution in [3.63, 3.8) is 0 Å². The maximum atomic E-state index is 12.1. The van der Waals surface area contributed by atoms with E-state index in [1.807, 2.05) is 0 Å². The summed E-state index contributed by atoms with van der Waals surface area (Å²) in [6.45, 7) is 0. The molecule has 6 nitrogen and oxygen atoms in total. The highest BCUT2D eigenvalue weighted by molar-refractivity contribution is 7.17. The van der Waals surface area contributed by atoms with Gasteiger partial charge in [-0.2, -0.15) is 0 Å². The van der Waals surface area contributed by atoms with Crippen LogP contribution in [0.2, 0.25) is 0 Å². The molecule has 2 heterocycles. The molecule has 0 aliphatic heterocycles. The number of rotatable bonds is 3. The molecule has 0 amide bonds. The van der Waals surface area contributed by atoms with Crippen molar-refractivity contribution >= 4 is 28.2 Å². The summed E-state index contributed by atoms with van der Waals surface area (Å²) < 4.78 is 5.08. The van der Waals surface area contributed by atoms with Gasteiger partial charge in [0.05, 0.1) is 22.9 Å². The summed E-state index contributed by atoms with van der Waals surface area (Å²) in [5.41, 5.74) is 0.235. The lowest BCUT2D eigenvalue weighted by Gasteiger charge is -2.03. The van der Waals surface area contributed by atoms with Crippen LogP contribution in [-0.2, 0) is 0 Å². The fourth-order valence-electron chi connectivity index (χ4n) is 1.94. The minimum Gasteiger partial charge on any atom is -0.497 e. The monoisotopic (exact) mass is 302 g/mol. The Labute approximate surface area is 122 Å². The predicted molar refractivity (Wildman–Crippen MR) is 79.2 cm³/mol. The summed E-state index contributed by atoms with van der Waals surface area (Å²) in [5.74, 6) is -0.0684. The maximum Gasteiger partial charge on any atom is 0.345 e. The fraction of sp³-hybridized carbons (Fsp3) is 0.0714. The van der Waals surface area contributed by atoms with Gasteiger partial charge >= 0.3 is 5.97 Å². The van der Waals surface area contributed by atoms with Crippen LogP contribution in [0.5, 0.6) is 5.75 Å². The topological polar surface area (TPSA) is 92.3 Å². The number of hydrogen-bond acceptors (Lipinski definition) is 5. The Kier molecular flexibility index (Phi) is 3.19. The van der Waals surface area contributed by atoms with E-state index in [1.165, 1.54) is 13.2 Å². The highest BCUT2D eigenvalue weighted by atomic mass is 32.1. The molecule has 0 aliphatic rings. The van der Waals surface area contributed by atoms with E-state index in [2.05, 4.69) is 9.97 Å². The molecule has 0 radical (unpaired) electrons. The lowest BCUT2D eigenvalue weighted by atomic mass is 10.2. The molecule has 3 rings (SSSR count). The van der Waals surface area contributed by atoms with E-state index in [-0.39, 0.29) is 10.4 Å². The third-order valence-electron chi connectivity index (χ3n) is 2.96. The second kappa shape index (κ2) is 5.02. The molecule has 0 aliphatic carbocycles. The Morgan fingerprint density at radius 2 is 2.14 bits per heavy atom. The van der Waals surface area contributed by atoms with Gasteiger partial charge in [-0.15, -0.1) is 11.3 Å². The van der Waals surface area contributed by atoms with Crippen molar-refractivity contribution in [1.29, 1.82) is 0 Å². The molecule has 3 aromatic rings. The number of aromatic carboxylic acids is 1. The molecule has 21 heavy (non-hydrogen) atoms. The van der Waals surface area contributed by atoms with Gasteiger partial charge in [0.25, 0.3) is 5.56 Å². The van der Waals surface area contributed by atoms with E-state index >= 15 is 0 Å². The van der Waals surface area contributed by atoms with Crippen molar-refractivity contribution in [1.82, 2.24) is 9.97 Å². The van der Waals surface area contributed by atoms with Gasteiger partial charge in [-0.25, -0.2) is 9.78 Å². The van der Waals surface area contributed by atoms with Gasteiger partial charge < -0.3 is 14.8 Å². The zero-order valence-corrected chi connectivity index (χ0v) is 11.7. The number of fused-ring (bicyclic) bond motifs is 1. The SMILES string of the molecule is COc1ccc2nc(-c3ccc(C(=O)O)s3)[nH]c(=O)c2c1. The number of carboxylic acid groups (broad SMARTS) is 1. The molecule has 0 unspecified atom stereocenters. The molecular weight excluding hydrogens is 292 g/mol. The fourth-order valence-corrected chi connectivity index (χ4v) is 2.73. The third-order valence-corrected chi connectivity index (χ3v) is 4.04. The summed E-state index contributed by atoms with van der Waals surface area (Å²) in [7, 11) is 1.52. The Bertz CT molecular complexity index is 897. The molecular formula is C14H10N2O4S. The van der Waals surface area contributed by atoms with Crippen LogP contribution >= 0.6 is 11.3 Å². The lowest BCUT2D eigenvalue weighted by molar-refractivity contribution is 0.0702. The summed E-state index contributed by atoms with van der Waals surface area (Å²) in [6.07, 6.45) is 0. The van der Waals surface area contributed by atoms with Crippen LogP contribution < -0.4 is 10.3 Å². The quantitative estimate of drug-likeness (QED) is 0.775. The molecule has 1 aromatic carbocycles. The first kappa shape index (κ1) is 13.3. The first-order chi connectivity index (χ1) is 10.1. The van der Waals surface area contributed by atoms with Gasteiger partial charge in [0.1, 0.15) is 10.6 Å². The standard InChI is InChI=1S/C14H10N2O4S/c1-20-7-2-3-9-8(6-7)13(17)16-12(15-9)10-4-5-11(21-10)14(18)19/h2-6H,1H3,(H,18,19)(H,15,16,17). The van der Waals surface area contributed by atoms with Gasteiger partial charge in [0.15, 0.2) is 5.82 Å². The second-order valence-corrected chi connectivity index (χ2v) is 5.35. The number of nitrogens with zero attached hydrogens (tertiary/aromatic N) is 1. The van der Waals surface area contributed by atoms with E-state index in [1.54, 1.807) is 24.3 Å². The van der Waals surface area contributed by atoms with Crippen LogP contribution in [0.3, 0.4) is 0 Å². The molecule has 7 heteroatoms. The first-order valence-electron chi connectivity index (χ1n) is 6.00. The first-order valence-corrected chi connectivity index (χ1v) is 6.81. The number of ether oxygens (including phenoxy) is 1. The van der Waals surface area contributed by atoms with Crippen molar-refractivity contribution in [2.45, 2.75) is 0 Å². The van der Waals surface area contributed by atoms with E-state index in [0.717, 1.165) is 11.3 Å². The van der Waals surface area contributed by atoms with Crippen LogP contribution in [0, 0.1) is 0 Å². The van der Waals surface area contributed by atoms with Crippen molar-refractivity contribution in [2.24, 2.45) is 0 Å². The number of aromatic amines is 1. The number of thiophene rings is 1. The van der Waals surface area contributed by atoms with Crippen molar-refractivity contribution in [2.75, 3.05) is 7.11 Å². The van der Waals surface area contributed by atoms with Crippen molar-refractivity contribution < 1.29 is 14.6 Å². The number of nitrogens with one attached hydrogen (secondary N) is 1. The Morgan fingerprint density at radius 1 is 1.33 bits per heavy atom. The molecule has 0 saturated carbocycles. The van der Waals surface area contributed by atoms with E-state index in [0.29, 0.717) is 27.4 Å². The molecule has 106 valence electrons. The third kappa shape index (κ3) is 2.38. The van der Waals surface area contributed by atoms with Crippen LogP contribution in [-0.4, -0.2) is 28.2 Å². The number of benzene rings is 1. The molecule has 0 fully saturated rings. The molecule has 0 atom stereocenters. The smallest absolute Gasteiger partial charge is 0.345 e. The average molecular weight is 302 g/mol. The zero-order chi connectivity index (χ0) is 15.0. The van der Waals surface area contributed by atoms with Crippen molar-refractivity contribution in [3.8, 4) is 16.5 Å². The second-order valence-electron chi connectivity index (χ2n) is 4.27. The number of methoxy groups -OCH3 is 1. The van der Waals surface area contributed by atoms with Crippen molar-refractivity contribution in [3.05, 3.63) is 45.6 Å². The zero-order valence-electron chi connectivity index (χ0n) is 10.9. The highest BCUT2D eigenvalue weighted by Gasteiger charge is 2.12. The Balaban J connectivity index is 2.15. The summed E-state index contributed by atoms with van der Waals surface area (Å²) >= 11 is 1.06. The largest absolute Gasteiger partial charge is 0.497 e. The van der Waals surface area contributed by atoms with Crippen LogP contribution in [0.4, 0.5) is 0 Å². The number of aromatic nitrogens is 2. The van der Waals surface area contributed by atoms with Crippen LogP contribution in [0.25, 0.3) is 21.6 Å². The maximum absolute atomic E-state index is 12.1. The summed E-state index contributed by atoms with van der Waals surface area (Å²) in [6, 6.07) is 8.14. The average Bonchev–Trinajstić information content (AvgIpc) is 2.97.